The molecule has 0 radical (unpaired) electrons. The average molecular weight is 331 g/mol. The zero-order valence-electron chi connectivity index (χ0n) is 10.8. The van der Waals surface area contributed by atoms with Crippen LogP contribution in [0.4, 0.5) is 0 Å². The normalized spacial score (nSPS) is 24.9. The molecular weight excluding hydrogens is 319 g/mol. The van der Waals surface area contributed by atoms with E-state index in [1.165, 1.54) is 0 Å². The number of carbonyl (C=O) groups excluding carboxylic acids is 2. The summed E-state index contributed by atoms with van der Waals surface area (Å²) >= 11 is 11.5. The third-order valence-electron chi connectivity index (χ3n) is 3.25. The first-order chi connectivity index (χ1) is 9.97. The van der Waals surface area contributed by atoms with E-state index in [1.807, 2.05) is 6.07 Å². The van der Waals surface area contributed by atoms with Gasteiger partial charge in [-0.3, -0.25) is 20.4 Å². The second kappa shape index (κ2) is 5.27. The summed E-state index contributed by atoms with van der Waals surface area (Å²) in [6.45, 7) is 0.0666. The first-order valence-corrected chi connectivity index (χ1v) is 7.09. The van der Waals surface area contributed by atoms with Gasteiger partial charge >= 0.3 is 0 Å². The topological polar surface area (TPSA) is 76.7 Å². The number of hydrogen-bond acceptors (Lipinski definition) is 4. The number of nitrogens with one attached hydrogen (secondary N) is 2. The number of alkyl halides is 2. The minimum atomic E-state index is -1.03. The summed E-state index contributed by atoms with van der Waals surface area (Å²) in [6.07, 6.45) is -0.468. The molecule has 1 heterocycles. The molecule has 0 aromatic heterocycles. The molecular formula is C13H12Cl2N2O4. The van der Waals surface area contributed by atoms with E-state index in [4.69, 9.17) is 32.7 Å². The number of benzene rings is 1. The fourth-order valence-corrected chi connectivity index (χ4v) is 2.44. The van der Waals surface area contributed by atoms with Crippen LogP contribution in [0.3, 0.4) is 0 Å². The van der Waals surface area contributed by atoms with Crippen LogP contribution in [0.25, 0.3) is 0 Å². The molecule has 1 aromatic carbocycles. The van der Waals surface area contributed by atoms with E-state index < -0.39 is 28.2 Å². The molecule has 1 aliphatic heterocycles. The largest absolute Gasteiger partial charge is 0.485 e. The Morgan fingerprint density at radius 2 is 1.76 bits per heavy atom. The van der Waals surface area contributed by atoms with Crippen molar-refractivity contribution >= 4 is 35.0 Å². The van der Waals surface area contributed by atoms with Crippen LogP contribution in [0, 0.1) is 5.92 Å². The summed E-state index contributed by atoms with van der Waals surface area (Å²) < 4.78 is 9.89. The lowest BCUT2D eigenvalue weighted by molar-refractivity contribution is -0.135. The molecule has 1 saturated carbocycles. The van der Waals surface area contributed by atoms with Crippen LogP contribution >= 0.6 is 23.2 Å². The van der Waals surface area contributed by atoms with Gasteiger partial charge in [-0.15, -0.1) is 23.2 Å². The Bertz CT molecular complexity index is 593. The Hall–Kier alpha value is -1.66. The molecule has 0 bridgehead atoms. The predicted molar refractivity (Wildman–Crippen MR) is 75.2 cm³/mol. The number of rotatable bonds is 2. The van der Waals surface area contributed by atoms with Crippen LogP contribution < -0.4 is 20.3 Å². The first kappa shape index (κ1) is 14.3. The quantitative estimate of drug-likeness (QED) is 0.630. The van der Waals surface area contributed by atoms with Crippen molar-refractivity contribution in [3.05, 3.63) is 24.3 Å². The maximum atomic E-state index is 11.9. The number of hydrazine groups is 1. The van der Waals surface area contributed by atoms with Crippen LogP contribution in [0.2, 0.25) is 0 Å². The third kappa shape index (κ3) is 3.01. The van der Waals surface area contributed by atoms with E-state index in [1.54, 1.807) is 18.2 Å². The van der Waals surface area contributed by atoms with Crippen molar-refractivity contribution in [2.75, 3.05) is 6.61 Å². The smallest absolute Gasteiger partial charge is 0.283 e. The molecule has 1 aliphatic carbocycles. The van der Waals surface area contributed by atoms with Crippen LogP contribution in [-0.4, -0.2) is 28.9 Å². The molecule has 112 valence electrons. The van der Waals surface area contributed by atoms with E-state index in [0.717, 1.165) is 0 Å². The van der Waals surface area contributed by atoms with Crippen molar-refractivity contribution in [2.24, 2.45) is 5.92 Å². The van der Waals surface area contributed by atoms with Gasteiger partial charge in [0.05, 0.1) is 5.92 Å². The lowest BCUT2D eigenvalue weighted by Gasteiger charge is -2.25. The lowest BCUT2D eigenvalue weighted by atomic mass is 10.2. The highest BCUT2D eigenvalue weighted by atomic mass is 35.5. The molecule has 2 N–H and O–H groups in total. The Kier molecular flexibility index (Phi) is 3.59. The van der Waals surface area contributed by atoms with Gasteiger partial charge in [-0.25, -0.2) is 0 Å². The number of fused-ring (bicyclic) bond motifs is 1. The molecule has 3 rings (SSSR count). The van der Waals surface area contributed by atoms with Crippen LogP contribution in [0.15, 0.2) is 24.3 Å². The highest BCUT2D eigenvalue weighted by Gasteiger charge is 2.56. The molecule has 2 atom stereocenters. The maximum absolute atomic E-state index is 11.9. The number of halogens is 2. The molecule has 2 aliphatic rings. The van der Waals surface area contributed by atoms with Gasteiger partial charge in [0.2, 0.25) is 12.0 Å². The minimum Gasteiger partial charge on any atom is -0.485 e. The molecule has 0 spiro atoms. The Labute approximate surface area is 130 Å². The highest BCUT2D eigenvalue weighted by Crippen LogP contribution is 2.53. The number of hydrogen-bond donors (Lipinski definition) is 2. The average Bonchev–Trinajstić information content (AvgIpc) is 3.13. The molecule has 8 heteroatoms. The fourth-order valence-electron chi connectivity index (χ4n) is 1.94. The summed E-state index contributed by atoms with van der Waals surface area (Å²) in [5.74, 6) is -0.375. The predicted octanol–water partition coefficient (Wildman–Crippen LogP) is 1.17. The van der Waals surface area contributed by atoms with E-state index in [9.17, 15) is 9.59 Å². The van der Waals surface area contributed by atoms with Gasteiger partial charge in [0.25, 0.3) is 5.91 Å². The molecule has 2 unspecified atom stereocenters. The summed E-state index contributed by atoms with van der Waals surface area (Å²) in [5.41, 5.74) is 4.56. The van der Waals surface area contributed by atoms with Crippen LogP contribution in [0.1, 0.15) is 6.42 Å². The summed E-state index contributed by atoms with van der Waals surface area (Å²) in [6, 6.07) is 7.03. The monoisotopic (exact) mass is 330 g/mol. The lowest BCUT2D eigenvalue weighted by Crippen LogP contribution is -2.51. The van der Waals surface area contributed by atoms with E-state index in [0.29, 0.717) is 17.9 Å². The van der Waals surface area contributed by atoms with Gasteiger partial charge in [-0.2, -0.15) is 0 Å². The van der Waals surface area contributed by atoms with Crippen molar-refractivity contribution in [3.63, 3.8) is 0 Å². The summed E-state index contributed by atoms with van der Waals surface area (Å²) in [5, 5.41) is 0. The van der Waals surface area contributed by atoms with Gasteiger partial charge in [-0.05, 0) is 18.6 Å². The van der Waals surface area contributed by atoms with Crippen molar-refractivity contribution in [2.45, 2.75) is 16.9 Å². The molecule has 21 heavy (non-hydrogen) atoms. The second-order valence-corrected chi connectivity index (χ2v) is 6.40. The van der Waals surface area contributed by atoms with E-state index in [-0.39, 0.29) is 6.61 Å². The zero-order chi connectivity index (χ0) is 15.0. The van der Waals surface area contributed by atoms with Crippen molar-refractivity contribution in [3.8, 4) is 11.5 Å². The highest BCUT2D eigenvalue weighted by molar-refractivity contribution is 6.52. The standard InChI is InChI=1S/C13H12Cl2N2O4/c14-13(15)5-7(13)11(18)16-17-12(19)10-6-20-8-3-1-2-4-9(8)21-10/h1-4,7,10H,5-6H2,(H,16,18)(H,17,19). The maximum Gasteiger partial charge on any atom is 0.283 e. The second-order valence-electron chi connectivity index (χ2n) is 4.86. The van der Waals surface area contributed by atoms with E-state index >= 15 is 0 Å². The molecule has 0 saturated heterocycles. The van der Waals surface area contributed by atoms with Gasteiger partial charge in [0, 0.05) is 0 Å². The number of para-hydroxylation sites is 2. The molecule has 1 fully saturated rings. The van der Waals surface area contributed by atoms with Crippen LogP contribution in [0.5, 0.6) is 11.5 Å². The van der Waals surface area contributed by atoms with Crippen LogP contribution in [-0.2, 0) is 9.59 Å². The van der Waals surface area contributed by atoms with Gasteiger partial charge in [-0.1, -0.05) is 12.1 Å². The fraction of sp³-hybridized carbons (Fsp3) is 0.385. The van der Waals surface area contributed by atoms with Gasteiger partial charge in [0.1, 0.15) is 10.9 Å². The summed E-state index contributed by atoms with van der Waals surface area (Å²) in [7, 11) is 0. The molecule has 2 amide bonds. The zero-order valence-corrected chi connectivity index (χ0v) is 12.3. The van der Waals surface area contributed by atoms with Crippen molar-refractivity contribution in [1.29, 1.82) is 0 Å². The Morgan fingerprint density at radius 1 is 1.14 bits per heavy atom. The van der Waals surface area contributed by atoms with Crippen molar-refractivity contribution < 1.29 is 19.1 Å². The minimum absolute atomic E-state index is 0.0666. The van der Waals surface area contributed by atoms with E-state index in [2.05, 4.69) is 10.9 Å². The number of amides is 2. The third-order valence-corrected chi connectivity index (χ3v) is 4.09. The van der Waals surface area contributed by atoms with Crippen molar-refractivity contribution in [1.82, 2.24) is 10.9 Å². The van der Waals surface area contributed by atoms with Gasteiger partial charge in [0.15, 0.2) is 11.5 Å². The molecule has 6 nitrogen and oxygen atoms in total. The first-order valence-electron chi connectivity index (χ1n) is 6.33. The van der Waals surface area contributed by atoms with Gasteiger partial charge < -0.3 is 9.47 Å². The summed E-state index contributed by atoms with van der Waals surface area (Å²) in [4.78, 5) is 23.6. The Morgan fingerprint density at radius 3 is 2.43 bits per heavy atom. The number of carbonyl (C=O) groups is 2. The number of ether oxygens (including phenoxy) is 2. The Balaban J connectivity index is 1.52. The molecule has 1 aromatic rings. The SMILES string of the molecule is O=C(NNC(=O)C1CC1(Cl)Cl)C1COc2ccccc2O1.